The van der Waals surface area contributed by atoms with E-state index >= 15 is 0 Å². The van der Waals surface area contributed by atoms with Crippen molar-refractivity contribution in [1.29, 1.82) is 0 Å². The first-order valence-electron chi connectivity index (χ1n) is 9.97. The molecule has 1 fully saturated rings. The molecule has 0 spiro atoms. The zero-order valence-corrected chi connectivity index (χ0v) is 18.3. The fourth-order valence-corrected chi connectivity index (χ4v) is 4.41. The van der Waals surface area contributed by atoms with Crippen molar-refractivity contribution in [2.75, 3.05) is 20.1 Å². The van der Waals surface area contributed by atoms with Gasteiger partial charge in [0, 0.05) is 44.5 Å². The number of aliphatic imine (C=N–C) groups is 1. The lowest BCUT2D eigenvalue weighted by Gasteiger charge is -2.49. The number of amides is 1. The molecule has 0 saturated carbocycles. The summed E-state index contributed by atoms with van der Waals surface area (Å²) in [5.74, 6) is 0.918. The van der Waals surface area contributed by atoms with Crippen molar-refractivity contribution in [3.05, 3.63) is 17.0 Å². The molecular weight excluding hydrogens is 340 g/mol. The summed E-state index contributed by atoms with van der Waals surface area (Å²) >= 11 is 0. The molecule has 0 atom stereocenters. The topological polar surface area (TPSA) is 65.8 Å². The number of piperazine rings is 1. The third-order valence-electron chi connectivity index (χ3n) is 5.30. The van der Waals surface area contributed by atoms with Gasteiger partial charge < -0.3 is 15.1 Å². The fourth-order valence-electron chi connectivity index (χ4n) is 4.41. The Balaban J connectivity index is 2.17. The van der Waals surface area contributed by atoms with Gasteiger partial charge in [-0.15, -0.1) is 0 Å². The number of hydrogen-bond acceptors (Lipinski definition) is 3. The number of guanidine groups is 1. The Bertz CT molecular complexity index is 704. The van der Waals surface area contributed by atoms with Crippen LogP contribution < -0.4 is 5.32 Å². The standard InChI is InChI=1S/C20H36N6O/c1-9-16-15(17(10-2)24(8)23-16)11-22-19(21-7)25-12-18(27)26(14(3)4)20(5,6)13-25/h14H,9-13H2,1-8H3,(H,21,22). The minimum atomic E-state index is -0.238. The fraction of sp³-hybridized carbons (Fsp3) is 0.750. The van der Waals surface area contributed by atoms with Crippen LogP contribution in [0.2, 0.25) is 0 Å². The molecule has 2 rings (SSSR count). The summed E-state index contributed by atoms with van der Waals surface area (Å²) in [5, 5.41) is 8.12. The summed E-state index contributed by atoms with van der Waals surface area (Å²) in [6, 6.07) is 0.194. The smallest absolute Gasteiger partial charge is 0.242 e. The predicted molar refractivity (Wildman–Crippen MR) is 110 cm³/mol. The predicted octanol–water partition coefficient (Wildman–Crippen LogP) is 1.95. The van der Waals surface area contributed by atoms with E-state index in [0.717, 1.165) is 31.0 Å². The molecule has 1 aromatic heterocycles. The zero-order chi connectivity index (χ0) is 20.4. The highest BCUT2D eigenvalue weighted by molar-refractivity contribution is 5.88. The van der Waals surface area contributed by atoms with Crippen molar-refractivity contribution in [2.45, 2.75) is 72.5 Å². The Labute approximate surface area is 163 Å². The second-order valence-electron chi connectivity index (χ2n) is 8.13. The highest BCUT2D eigenvalue weighted by atomic mass is 16.2. The van der Waals surface area contributed by atoms with Gasteiger partial charge in [0.25, 0.3) is 0 Å². The number of carbonyl (C=O) groups is 1. The van der Waals surface area contributed by atoms with Crippen molar-refractivity contribution < 1.29 is 4.79 Å². The SMILES string of the molecule is CCc1nn(C)c(CC)c1CNC(=NC)N1CC(=O)N(C(C)C)C(C)(C)C1. The molecule has 7 heteroatoms. The monoisotopic (exact) mass is 376 g/mol. The third kappa shape index (κ3) is 4.28. The number of hydrogen-bond donors (Lipinski definition) is 1. The molecule has 0 aliphatic carbocycles. The molecule has 0 aromatic carbocycles. The molecule has 152 valence electrons. The molecule has 7 nitrogen and oxygen atoms in total. The average Bonchev–Trinajstić information content (AvgIpc) is 2.88. The highest BCUT2D eigenvalue weighted by Gasteiger charge is 2.40. The maximum atomic E-state index is 12.7. The Hall–Kier alpha value is -2.05. The van der Waals surface area contributed by atoms with Gasteiger partial charge in [-0.25, -0.2) is 0 Å². The van der Waals surface area contributed by atoms with Gasteiger partial charge in [0.05, 0.1) is 17.8 Å². The van der Waals surface area contributed by atoms with Crippen molar-refractivity contribution in [3.8, 4) is 0 Å². The number of aryl methyl sites for hydroxylation is 2. The van der Waals surface area contributed by atoms with Crippen LogP contribution >= 0.6 is 0 Å². The summed E-state index contributed by atoms with van der Waals surface area (Å²) in [5.41, 5.74) is 3.38. The van der Waals surface area contributed by atoms with E-state index in [2.05, 4.69) is 61.9 Å². The van der Waals surface area contributed by atoms with Crippen molar-refractivity contribution in [3.63, 3.8) is 0 Å². The molecule has 0 radical (unpaired) electrons. The van der Waals surface area contributed by atoms with Gasteiger partial charge in [-0.3, -0.25) is 14.5 Å². The van der Waals surface area contributed by atoms with Crippen LogP contribution in [0.1, 0.15) is 58.5 Å². The van der Waals surface area contributed by atoms with E-state index in [0.29, 0.717) is 13.1 Å². The van der Waals surface area contributed by atoms with Crippen LogP contribution in [0, 0.1) is 0 Å². The Morgan fingerprint density at radius 1 is 1.30 bits per heavy atom. The molecule has 1 aromatic rings. The summed E-state index contributed by atoms with van der Waals surface area (Å²) in [4.78, 5) is 21.2. The van der Waals surface area contributed by atoms with Gasteiger partial charge in [0.1, 0.15) is 0 Å². The molecule has 0 bridgehead atoms. The lowest BCUT2D eigenvalue weighted by molar-refractivity contribution is -0.145. The van der Waals surface area contributed by atoms with Gasteiger partial charge in [-0.05, 0) is 40.5 Å². The highest BCUT2D eigenvalue weighted by Crippen LogP contribution is 2.24. The molecule has 1 saturated heterocycles. The van der Waals surface area contributed by atoms with Gasteiger partial charge >= 0.3 is 0 Å². The van der Waals surface area contributed by atoms with E-state index in [1.165, 1.54) is 11.3 Å². The molecule has 27 heavy (non-hydrogen) atoms. The van der Waals surface area contributed by atoms with Gasteiger partial charge in [0.2, 0.25) is 5.91 Å². The van der Waals surface area contributed by atoms with E-state index in [1.807, 2.05) is 16.6 Å². The van der Waals surface area contributed by atoms with Crippen LogP contribution in [-0.4, -0.2) is 63.2 Å². The second-order valence-corrected chi connectivity index (χ2v) is 8.13. The maximum absolute atomic E-state index is 12.7. The third-order valence-corrected chi connectivity index (χ3v) is 5.30. The lowest BCUT2D eigenvalue weighted by atomic mass is 9.96. The maximum Gasteiger partial charge on any atom is 0.242 e. The summed E-state index contributed by atoms with van der Waals surface area (Å²) < 4.78 is 1.98. The van der Waals surface area contributed by atoms with Crippen molar-refractivity contribution in [1.82, 2.24) is 24.9 Å². The Morgan fingerprint density at radius 3 is 2.44 bits per heavy atom. The van der Waals surface area contributed by atoms with Crippen LogP contribution in [0.4, 0.5) is 0 Å². The minimum absolute atomic E-state index is 0.147. The van der Waals surface area contributed by atoms with E-state index in [9.17, 15) is 4.79 Å². The first kappa shape index (κ1) is 21.3. The quantitative estimate of drug-likeness (QED) is 0.630. The lowest BCUT2D eigenvalue weighted by Crippen LogP contribution is -2.66. The van der Waals surface area contributed by atoms with Crippen LogP contribution in [0.5, 0.6) is 0 Å². The second kappa shape index (κ2) is 8.31. The van der Waals surface area contributed by atoms with E-state index in [1.54, 1.807) is 7.05 Å². The summed E-state index contributed by atoms with van der Waals surface area (Å²) in [6.45, 7) is 14.5. The van der Waals surface area contributed by atoms with Crippen LogP contribution in [0.15, 0.2) is 4.99 Å². The summed E-state index contributed by atoms with van der Waals surface area (Å²) in [6.07, 6.45) is 1.85. The average molecular weight is 377 g/mol. The van der Waals surface area contributed by atoms with Crippen LogP contribution in [0.3, 0.4) is 0 Å². The number of aromatic nitrogens is 2. The number of rotatable bonds is 5. The molecule has 1 amide bonds. The number of nitrogens with one attached hydrogen (secondary N) is 1. The Morgan fingerprint density at radius 2 is 1.96 bits per heavy atom. The van der Waals surface area contributed by atoms with Gasteiger partial charge in [-0.1, -0.05) is 13.8 Å². The van der Waals surface area contributed by atoms with Crippen molar-refractivity contribution in [2.24, 2.45) is 12.0 Å². The molecule has 2 heterocycles. The van der Waals surface area contributed by atoms with Gasteiger partial charge in [0.15, 0.2) is 5.96 Å². The van der Waals surface area contributed by atoms with Crippen molar-refractivity contribution >= 4 is 11.9 Å². The molecule has 1 aliphatic heterocycles. The van der Waals surface area contributed by atoms with E-state index < -0.39 is 0 Å². The van der Waals surface area contributed by atoms with E-state index in [4.69, 9.17) is 0 Å². The molecule has 0 unspecified atom stereocenters. The van der Waals surface area contributed by atoms with Crippen LogP contribution in [-0.2, 0) is 31.2 Å². The minimum Gasteiger partial charge on any atom is -0.352 e. The first-order chi connectivity index (χ1) is 12.7. The number of carbonyl (C=O) groups excluding carboxylic acids is 1. The molecule has 1 N–H and O–H groups in total. The first-order valence-corrected chi connectivity index (χ1v) is 9.97. The van der Waals surface area contributed by atoms with Gasteiger partial charge in [-0.2, -0.15) is 5.10 Å². The molecule has 1 aliphatic rings. The normalized spacial score (nSPS) is 17.8. The van der Waals surface area contributed by atoms with Crippen LogP contribution in [0.25, 0.3) is 0 Å². The zero-order valence-electron chi connectivity index (χ0n) is 18.3. The van der Waals surface area contributed by atoms with E-state index in [-0.39, 0.29) is 17.5 Å². The number of nitrogens with zero attached hydrogens (tertiary/aromatic N) is 5. The summed E-state index contributed by atoms with van der Waals surface area (Å²) in [7, 11) is 3.78. The Kier molecular flexibility index (Phi) is 6.54. The largest absolute Gasteiger partial charge is 0.352 e. The molecular formula is C20H36N6O.